The quantitative estimate of drug-likeness (QED) is 0.366. The Morgan fingerprint density at radius 2 is 1.84 bits per heavy atom. The highest BCUT2D eigenvalue weighted by molar-refractivity contribution is 7.55. The Balaban J connectivity index is 1.95. The van der Waals surface area contributed by atoms with Crippen LogP contribution in [0.2, 0.25) is 0 Å². The molecule has 3 unspecified atom stereocenters. The predicted octanol–water partition coefficient (Wildman–Crippen LogP) is 3.24. The predicted molar refractivity (Wildman–Crippen MR) is 89.9 cm³/mol. The monoisotopic (exact) mass is 374 g/mol. The summed E-state index contributed by atoms with van der Waals surface area (Å²) < 4.78 is 41.4. The van der Waals surface area contributed by atoms with Gasteiger partial charge in [-0.15, -0.1) is 0 Å². The van der Waals surface area contributed by atoms with Crippen molar-refractivity contribution in [2.75, 3.05) is 20.3 Å². The SMILES string of the molecule is C=C(C(=O)OC)C12CC1CC(C1OC(C)O1)(P(=O)(OCC)OCC)C2. The van der Waals surface area contributed by atoms with Crippen molar-refractivity contribution in [2.45, 2.75) is 57.8 Å². The number of ether oxygens (including phenoxy) is 3. The maximum absolute atomic E-state index is 13.7. The van der Waals surface area contributed by atoms with Crippen LogP contribution in [0.3, 0.4) is 0 Å². The normalized spacial score (nSPS) is 39.4. The molecule has 3 aliphatic rings. The van der Waals surface area contributed by atoms with Gasteiger partial charge in [0.2, 0.25) is 0 Å². The zero-order chi connectivity index (χ0) is 18.5. The van der Waals surface area contributed by atoms with Gasteiger partial charge in [-0.1, -0.05) is 6.58 Å². The number of esters is 1. The molecule has 0 amide bonds. The number of rotatable bonds is 8. The van der Waals surface area contributed by atoms with Crippen LogP contribution in [0.4, 0.5) is 0 Å². The van der Waals surface area contributed by atoms with Crippen molar-refractivity contribution in [3.63, 3.8) is 0 Å². The third-order valence-electron chi connectivity index (χ3n) is 5.70. The second-order valence-electron chi connectivity index (χ2n) is 7.02. The first-order chi connectivity index (χ1) is 11.8. The maximum Gasteiger partial charge on any atom is 0.341 e. The molecule has 0 aromatic heterocycles. The average Bonchev–Trinajstić information content (AvgIpc) is 3.13. The Morgan fingerprint density at radius 3 is 2.32 bits per heavy atom. The van der Waals surface area contributed by atoms with E-state index in [-0.39, 0.29) is 25.4 Å². The minimum atomic E-state index is -3.52. The van der Waals surface area contributed by atoms with Crippen molar-refractivity contribution in [2.24, 2.45) is 11.3 Å². The summed E-state index contributed by atoms with van der Waals surface area (Å²) in [6, 6.07) is 0. The molecule has 1 aliphatic heterocycles. The van der Waals surface area contributed by atoms with Gasteiger partial charge >= 0.3 is 13.6 Å². The summed E-state index contributed by atoms with van der Waals surface area (Å²) in [5.41, 5.74) is -0.00326. The second kappa shape index (κ2) is 6.46. The molecule has 3 fully saturated rings. The summed E-state index contributed by atoms with van der Waals surface area (Å²) in [5, 5.41) is -0.925. The Hall–Kier alpha value is -0.720. The number of carbonyl (C=O) groups is 1. The molecule has 0 bridgehead atoms. The molecule has 0 aromatic carbocycles. The lowest BCUT2D eigenvalue weighted by molar-refractivity contribution is -0.388. The molecular formula is C17H27O7P. The first-order valence-corrected chi connectivity index (χ1v) is 10.3. The van der Waals surface area contributed by atoms with Gasteiger partial charge in [-0.2, -0.15) is 0 Å². The van der Waals surface area contributed by atoms with E-state index in [1.165, 1.54) is 7.11 Å². The van der Waals surface area contributed by atoms with Crippen LogP contribution < -0.4 is 0 Å². The van der Waals surface area contributed by atoms with E-state index in [0.29, 0.717) is 18.4 Å². The summed E-state index contributed by atoms with van der Waals surface area (Å²) >= 11 is 0. The molecule has 0 spiro atoms. The van der Waals surface area contributed by atoms with E-state index < -0.39 is 30.4 Å². The van der Waals surface area contributed by atoms with Crippen LogP contribution in [0.25, 0.3) is 0 Å². The largest absolute Gasteiger partial charge is 0.466 e. The summed E-state index contributed by atoms with van der Waals surface area (Å²) in [7, 11) is -2.17. The van der Waals surface area contributed by atoms with Crippen molar-refractivity contribution in [3.05, 3.63) is 12.2 Å². The Kier molecular flexibility index (Phi) is 4.93. The molecule has 3 atom stereocenters. The molecule has 2 aliphatic carbocycles. The first kappa shape index (κ1) is 19.1. The Labute approximate surface area is 148 Å². The molecule has 1 heterocycles. The van der Waals surface area contributed by atoms with Crippen LogP contribution >= 0.6 is 7.60 Å². The highest BCUT2D eigenvalue weighted by Gasteiger charge is 2.76. The third-order valence-corrected chi connectivity index (χ3v) is 8.54. The Bertz CT molecular complexity index is 604. The number of carbonyl (C=O) groups excluding carboxylic acids is 1. The molecule has 0 radical (unpaired) electrons. The van der Waals surface area contributed by atoms with Gasteiger partial charge < -0.3 is 23.3 Å². The minimum Gasteiger partial charge on any atom is -0.466 e. The van der Waals surface area contributed by atoms with Crippen LogP contribution in [0.1, 0.15) is 40.0 Å². The van der Waals surface area contributed by atoms with Crippen molar-refractivity contribution in [1.82, 2.24) is 0 Å². The molecule has 0 aromatic rings. The van der Waals surface area contributed by atoms with E-state index in [1.807, 2.05) is 0 Å². The topological polar surface area (TPSA) is 80.3 Å². The number of methoxy groups -OCH3 is 1. The molecule has 1 saturated heterocycles. The minimum absolute atomic E-state index is 0.177. The highest BCUT2D eigenvalue weighted by Crippen LogP contribution is 2.81. The van der Waals surface area contributed by atoms with Crippen LogP contribution in [-0.2, 0) is 32.6 Å². The van der Waals surface area contributed by atoms with Crippen molar-refractivity contribution >= 4 is 13.6 Å². The summed E-state index contributed by atoms with van der Waals surface area (Å²) in [6.07, 6.45) is 0.783. The lowest BCUT2D eigenvalue weighted by Gasteiger charge is -2.48. The molecule has 142 valence electrons. The van der Waals surface area contributed by atoms with Gasteiger partial charge in [-0.3, -0.25) is 4.57 Å². The molecule has 7 nitrogen and oxygen atoms in total. The summed E-state index contributed by atoms with van der Waals surface area (Å²) in [4.78, 5) is 12.0. The van der Waals surface area contributed by atoms with E-state index in [4.69, 9.17) is 23.3 Å². The van der Waals surface area contributed by atoms with Crippen molar-refractivity contribution < 1.29 is 32.6 Å². The smallest absolute Gasteiger partial charge is 0.341 e. The van der Waals surface area contributed by atoms with Gasteiger partial charge in [0.1, 0.15) is 5.16 Å². The van der Waals surface area contributed by atoms with Gasteiger partial charge in [-0.05, 0) is 46.0 Å². The van der Waals surface area contributed by atoms with E-state index in [2.05, 4.69) is 6.58 Å². The zero-order valence-electron chi connectivity index (χ0n) is 15.3. The zero-order valence-corrected chi connectivity index (χ0v) is 16.2. The molecule has 25 heavy (non-hydrogen) atoms. The third kappa shape index (κ3) is 2.72. The van der Waals surface area contributed by atoms with Gasteiger partial charge in [0.25, 0.3) is 0 Å². The Morgan fingerprint density at radius 1 is 1.24 bits per heavy atom. The fourth-order valence-corrected chi connectivity index (χ4v) is 7.04. The fraction of sp³-hybridized carbons (Fsp3) is 0.824. The van der Waals surface area contributed by atoms with Gasteiger partial charge in [0.05, 0.1) is 20.3 Å². The molecule has 8 heteroatoms. The molecular weight excluding hydrogens is 347 g/mol. The van der Waals surface area contributed by atoms with E-state index in [0.717, 1.165) is 6.42 Å². The summed E-state index contributed by atoms with van der Waals surface area (Å²) in [5.74, 6) is -0.249. The fourth-order valence-electron chi connectivity index (χ4n) is 4.48. The number of hydrogen-bond acceptors (Lipinski definition) is 7. The average molecular weight is 374 g/mol. The lowest BCUT2D eigenvalue weighted by Crippen LogP contribution is -2.55. The van der Waals surface area contributed by atoms with Gasteiger partial charge in [0, 0.05) is 11.0 Å². The van der Waals surface area contributed by atoms with Crippen LogP contribution in [0.15, 0.2) is 12.2 Å². The van der Waals surface area contributed by atoms with Gasteiger partial charge in [0.15, 0.2) is 12.6 Å². The van der Waals surface area contributed by atoms with Crippen molar-refractivity contribution in [3.8, 4) is 0 Å². The van der Waals surface area contributed by atoms with Crippen LogP contribution in [0.5, 0.6) is 0 Å². The van der Waals surface area contributed by atoms with E-state index >= 15 is 0 Å². The van der Waals surface area contributed by atoms with E-state index in [9.17, 15) is 9.36 Å². The standard InChI is InChI=1S/C17H27O7P/c1-6-21-25(19,22-7-2)17(15-23-12(4)24-15)9-13-8-16(13,10-17)11(3)14(18)20-5/h12-13,15H,3,6-10H2,1-2,4-5H3. The maximum atomic E-state index is 13.7. The van der Waals surface area contributed by atoms with Gasteiger partial charge in [-0.25, -0.2) is 4.79 Å². The molecule has 0 N–H and O–H groups in total. The lowest BCUT2D eigenvalue weighted by atomic mass is 9.89. The summed E-state index contributed by atoms with van der Waals surface area (Å²) in [6.45, 7) is 9.82. The van der Waals surface area contributed by atoms with Crippen molar-refractivity contribution in [1.29, 1.82) is 0 Å². The number of hydrogen-bond donors (Lipinski definition) is 0. The molecule has 2 saturated carbocycles. The number of fused-ring (bicyclic) bond motifs is 1. The second-order valence-corrected chi connectivity index (χ2v) is 9.42. The van der Waals surface area contributed by atoms with E-state index in [1.54, 1.807) is 20.8 Å². The molecule has 3 rings (SSSR count). The first-order valence-electron chi connectivity index (χ1n) is 8.76. The van der Waals surface area contributed by atoms with Crippen LogP contribution in [-0.4, -0.2) is 44.0 Å². The highest BCUT2D eigenvalue weighted by atomic mass is 31.2. The van der Waals surface area contributed by atoms with Crippen LogP contribution in [0, 0.1) is 11.3 Å².